The van der Waals surface area contributed by atoms with Crippen molar-refractivity contribution < 1.29 is 0 Å². The summed E-state index contributed by atoms with van der Waals surface area (Å²) in [4.78, 5) is 0. The molecule has 0 radical (unpaired) electrons. The Bertz CT molecular complexity index is 2610. The molecule has 5 heteroatoms. The standard InChI is InChI=1S/C38H22N4S/c39-21-28-29(22-40)34(20-19-33(28)41-30-13-5-1-9-23(30)24-10-2-6-14-31(24)41)42-32-15-7-3-12-27(32)37-35(42)18-17-26-25-11-4-8-16-36(25)43-38(26)37/h1-21,39H. The van der Waals surface area contributed by atoms with Crippen molar-refractivity contribution in [2.24, 2.45) is 0 Å². The minimum absolute atomic E-state index is 0.480. The van der Waals surface area contributed by atoms with Crippen molar-refractivity contribution in [3.63, 3.8) is 0 Å². The van der Waals surface area contributed by atoms with Crippen LogP contribution < -0.4 is 0 Å². The summed E-state index contributed by atoms with van der Waals surface area (Å²) in [5.41, 5.74) is 6.86. The number of fused-ring (bicyclic) bond motifs is 10. The van der Waals surface area contributed by atoms with Gasteiger partial charge in [0, 0.05) is 53.5 Å². The van der Waals surface area contributed by atoms with Crippen molar-refractivity contribution >= 4 is 81.3 Å². The Balaban J connectivity index is 1.39. The Hall–Kier alpha value is -5.70. The molecule has 0 aliphatic carbocycles. The summed E-state index contributed by atoms with van der Waals surface area (Å²) in [5.74, 6) is 0. The van der Waals surface area contributed by atoms with Gasteiger partial charge in [-0.3, -0.25) is 0 Å². The van der Waals surface area contributed by atoms with E-state index in [0.717, 1.165) is 49.6 Å². The van der Waals surface area contributed by atoms with Gasteiger partial charge in [-0.2, -0.15) is 5.26 Å². The first-order valence-electron chi connectivity index (χ1n) is 14.2. The van der Waals surface area contributed by atoms with E-state index in [1.54, 1.807) is 0 Å². The van der Waals surface area contributed by atoms with E-state index in [0.29, 0.717) is 11.1 Å². The summed E-state index contributed by atoms with van der Waals surface area (Å²) in [5, 5.41) is 26.4. The quantitative estimate of drug-likeness (QED) is 0.213. The third kappa shape index (κ3) is 3.16. The highest BCUT2D eigenvalue weighted by molar-refractivity contribution is 7.26. The zero-order valence-corrected chi connectivity index (χ0v) is 23.7. The predicted molar refractivity (Wildman–Crippen MR) is 181 cm³/mol. The first kappa shape index (κ1) is 24.0. The van der Waals surface area contributed by atoms with Crippen LogP contribution in [0.3, 0.4) is 0 Å². The second-order valence-electron chi connectivity index (χ2n) is 10.8. The molecule has 1 N–H and O–H groups in total. The number of nitrogens with zero attached hydrogens (tertiary/aromatic N) is 3. The molecule has 43 heavy (non-hydrogen) atoms. The van der Waals surface area contributed by atoms with E-state index >= 15 is 0 Å². The second-order valence-corrected chi connectivity index (χ2v) is 11.9. The lowest BCUT2D eigenvalue weighted by atomic mass is 10.0. The van der Waals surface area contributed by atoms with Gasteiger partial charge in [0.05, 0.1) is 39.0 Å². The number of nitriles is 1. The highest BCUT2D eigenvalue weighted by Crippen LogP contribution is 2.44. The maximum absolute atomic E-state index is 10.7. The van der Waals surface area contributed by atoms with Crippen LogP contribution in [0.15, 0.2) is 121 Å². The van der Waals surface area contributed by atoms with Crippen molar-refractivity contribution in [3.05, 3.63) is 132 Å². The second kappa shape index (κ2) is 8.90. The predicted octanol–water partition coefficient (Wildman–Crippen LogP) is 10.1. The third-order valence-electron chi connectivity index (χ3n) is 8.70. The number of hydrogen-bond acceptors (Lipinski definition) is 3. The molecule has 0 saturated heterocycles. The molecule has 3 aromatic heterocycles. The maximum atomic E-state index is 10.7. The van der Waals surface area contributed by atoms with Crippen LogP contribution in [0.25, 0.3) is 75.2 Å². The Morgan fingerprint density at radius 2 is 1.12 bits per heavy atom. The van der Waals surface area contributed by atoms with Gasteiger partial charge in [0.1, 0.15) is 6.07 Å². The molecule has 0 aliphatic heterocycles. The number of para-hydroxylation sites is 3. The number of aromatic nitrogens is 2. The summed E-state index contributed by atoms with van der Waals surface area (Å²) >= 11 is 1.82. The minimum atomic E-state index is 0.480. The molecular formula is C38H22N4S. The number of benzene rings is 6. The van der Waals surface area contributed by atoms with Gasteiger partial charge in [-0.15, -0.1) is 11.3 Å². The molecular weight excluding hydrogens is 545 g/mol. The minimum Gasteiger partial charge on any atom is -0.309 e. The fourth-order valence-corrected chi connectivity index (χ4v) is 8.18. The molecule has 9 rings (SSSR count). The van der Waals surface area contributed by atoms with E-state index in [1.165, 1.54) is 31.8 Å². The number of hydrogen-bond donors (Lipinski definition) is 1. The van der Waals surface area contributed by atoms with Crippen LogP contribution in [-0.4, -0.2) is 15.3 Å². The van der Waals surface area contributed by atoms with Gasteiger partial charge in [0.15, 0.2) is 0 Å². The largest absolute Gasteiger partial charge is 0.309 e. The Kier molecular flexibility index (Phi) is 4.96. The van der Waals surface area contributed by atoms with Crippen LogP contribution in [0, 0.1) is 16.7 Å². The van der Waals surface area contributed by atoms with E-state index < -0.39 is 0 Å². The molecule has 0 bridgehead atoms. The van der Waals surface area contributed by atoms with Crippen LogP contribution >= 0.6 is 11.3 Å². The SMILES string of the molecule is N#Cc1c(-n2c3ccccc3c3c4sc5ccccc5c4ccc32)ccc(-n2c3ccccc3c3ccccc32)c1C=N. The van der Waals surface area contributed by atoms with Gasteiger partial charge in [-0.1, -0.05) is 78.9 Å². The van der Waals surface area contributed by atoms with Gasteiger partial charge >= 0.3 is 0 Å². The van der Waals surface area contributed by atoms with E-state index in [4.69, 9.17) is 5.41 Å². The number of thiophene rings is 1. The monoisotopic (exact) mass is 566 g/mol. The summed E-state index contributed by atoms with van der Waals surface area (Å²) in [6.45, 7) is 0. The average molecular weight is 567 g/mol. The molecule has 0 spiro atoms. The summed E-state index contributed by atoms with van der Waals surface area (Å²) in [6.07, 6.45) is 1.33. The van der Waals surface area contributed by atoms with Crippen LogP contribution in [-0.2, 0) is 0 Å². The van der Waals surface area contributed by atoms with Gasteiger partial charge in [-0.05, 0) is 42.5 Å². The zero-order valence-electron chi connectivity index (χ0n) is 22.9. The first-order valence-corrected chi connectivity index (χ1v) is 15.0. The highest BCUT2D eigenvalue weighted by atomic mass is 32.1. The molecule has 0 amide bonds. The van der Waals surface area contributed by atoms with Crippen LogP contribution in [0.2, 0.25) is 0 Å². The molecule has 0 atom stereocenters. The molecule has 0 saturated carbocycles. The molecule has 9 aromatic rings. The van der Waals surface area contributed by atoms with E-state index in [2.05, 4.69) is 118 Å². The Morgan fingerprint density at radius 1 is 0.558 bits per heavy atom. The fourth-order valence-electron chi connectivity index (χ4n) is 6.92. The summed E-state index contributed by atoms with van der Waals surface area (Å²) in [7, 11) is 0. The van der Waals surface area contributed by atoms with Crippen molar-refractivity contribution in [2.75, 3.05) is 0 Å². The molecule has 6 aromatic carbocycles. The van der Waals surface area contributed by atoms with Gasteiger partial charge < -0.3 is 14.5 Å². The summed E-state index contributed by atoms with van der Waals surface area (Å²) < 4.78 is 6.90. The van der Waals surface area contributed by atoms with E-state index in [1.807, 2.05) is 29.5 Å². The van der Waals surface area contributed by atoms with Gasteiger partial charge in [-0.25, -0.2) is 0 Å². The lowest BCUT2D eigenvalue weighted by Gasteiger charge is -2.17. The van der Waals surface area contributed by atoms with Crippen molar-refractivity contribution in [3.8, 4) is 17.4 Å². The molecule has 0 aliphatic rings. The lowest BCUT2D eigenvalue weighted by molar-refractivity contribution is 1.13. The van der Waals surface area contributed by atoms with Crippen LogP contribution in [0.5, 0.6) is 0 Å². The Morgan fingerprint density at radius 3 is 1.79 bits per heavy atom. The smallest absolute Gasteiger partial charge is 0.102 e. The third-order valence-corrected chi connectivity index (χ3v) is 9.90. The topological polar surface area (TPSA) is 57.5 Å². The van der Waals surface area contributed by atoms with Crippen molar-refractivity contribution in [2.45, 2.75) is 0 Å². The molecule has 0 unspecified atom stereocenters. The van der Waals surface area contributed by atoms with E-state index in [-0.39, 0.29) is 0 Å². The molecule has 3 heterocycles. The van der Waals surface area contributed by atoms with Crippen LogP contribution in [0.1, 0.15) is 11.1 Å². The number of nitrogens with one attached hydrogen (secondary N) is 1. The van der Waals surface area contributed by atoms with Crippen molar-refractivity contribution in [1.82, 2.24) is 9.13 Å². The van der Waals surface area contributed by atoms with Gasteiger partial charge in [0.2, 0.25) is 0 Å². The molecule has 0 fully saturated rings. The van der Waals surface area contributed by atoms with Gasteiger partial charge in [0.25, 0.3) is 0 Å². The fraction of sp³-hybridized carbons (Fsp3) is 0. The Labute approximate surface area is 250 Å². The number of rotatable bonds is 3. The lowest BCUT2D eigenvalue weighted by Crippen LogP contribution is -2.06. The first-order chi connectivity index (χ1) is 21.3. The van der Waals surface area contributed by atoms with Crippen molar-refractivity contribution in [1.29, 1.82) is 10.7 Å². The van der Waals surface area contributed by atoms with Crippen LogP contribution in [0.4, 0.5) is 0 Å². The van der Waals surface area contributed by atoms with E-state index in [9.17, 15) is 5.26 Å². The summed E-state index contributed by atoms with van der Waals surface area (Å²) in [6, 6.07) is 44.6. The zero-order chi connectivity index (χ0) is 28.7. The molecule has 200 valence electrons. The molecule has 4 nitrogen and oxygen atoms in total. The average Bonchev–Trinajstić information content (AvgIpc) is 3.71. The highest BCUT2D eigenvalue weighted by Gasteiger charge is 2.22. The maximum Gasteiger partial charge on any atom is 0.102 e. The normalized spacial score (nSPS) is 11.8.